The Morgan fingerprint density at radius 1 is 1.13 bits per heavy atom. The van der Waals surface area contributed by atoms with Gasteiger partial charge in [-0.2, -0.15) is 5.10 Å². The minimum absolute atomic E-state index is 0.00102. The number of nitrogens with zero attached hydrogens (tertiary/aromatic N) is 2. The molecular weight excluding hydrogens is 425 g/mol. The summed E-state index contributed by atoms with van der Waals surface area (Å²) in [7, 11) is 0. The van der Waals surface area contributed by atoms with Gasteiger partial charge in [-0.3, -0.25) is 15.5 Å². The van der Waals surface area contributed by atoms with Crippen molar-refractivity contribution in [2.75, 3.05) is 12.0 Å². The van der Waals surface area contributed by atoms with Crippen molar-refractivity contribution in [2.24, 2.45) is 5.10 Å². The van der Waals surface area contributed by atoms with Gasteiger partial charge in [0.05, 0.1) is 28.5 Å². The van der Waals surface area contributed by atoms with Gasteiger partial charge in [0.15, 0.2) is 11.5 Å². The van der Waals surface area contributed by atoms with E-state index in [2.05, 4.69) is 10.5 Å². The third kappa shape index (κ3) is 6.16. The van der Waals surface area contributed by atoms with Crippen LogP contribution in [-0.2, 0) is 6.61 Å². The minimum atomic E-state index is -0.468. The molecule has 0 bridgehead atoms. The van der Waals surface area contributed by atoms with Gasteiger partial charge in [-0.1, -0.05) is 23.7 Å². The van der Waals surface area contributed by atoms with Crippen LogP contribution in [0.3, 0.4) is 0 Å². The predicted octanol–water partition coefficient (Wildman–Crippen LogP) is 5.81. The highest BCUT2D eigenvalue weighted by molar-refractivity contribution is 6.32. The third-order valence-electron chi connectivity index (χ3n) is 4.11. The van der Waals surface area contributed by atoms with Crippen molar-refractivity contribution in [2.45, 2.75) is 13.5 Å². The first kappa shape index (κ1) is 22.0. The molecule has 31 heavy (non-hydrogen) atoms. The van der Waals surface area contributed by atoms with Crippen LogP contribution < -0.4 is 14.9 Å². The molecule has 0 aliphatic heterocycles. The maximum absolute atomic E-state index is 13.1. The molecule has 3 rings (SSSR count). The van der Waals surface area contributed by atoms with Crippen LogP contribution in [0.1, 0.15) is 18.1 Å². The Bertz CT molecular complexity index is 1070. The standard InChI is InChI=1S/C22H19ClFN3O4/c1-2-30-21-12-16(13-25-26-18-7-9-19(10-8-18)27(28)29)11-20(23)22(21)31-14-15-3-5-17(24)6-4-15/h3-13,26H,2,14H2,1H3/b25-13+. The van der Waals surface area contributed by atoms with Crippen LogP contribution in [0, 0.1) is 15.9 Å². The van der Waals surface area contributed by atoms with Gasteiger partial charge in [-0.25, -0.2) is 4.39 Å². The fraction of sp³-hybridized carbons (Fsp3) is 0.136. The first-order chi connectivity index (χ1) is 15.0. The van der Waals surface area contributed by atoms with Gasteiger partial charge in [0, 0.05) is 12.1 Å². The lowest BCUT2D eigenvalue weighted by molar-refractivity contribution is -0.384. The molecule has 0 atom stereocenters. The fourth-order valence-electron chi connectivity index (χ4n) is 2.64. The Balaban J connectivity index is 1.71. The molecule has 0 spiro atoms. The normalized spacial score (nSPS) is 10.8. The molecule has 0 radical (unpaired) electrons. The van der Waals surface area contributed by atoms with Crippen LogP contribution in [0.15, 0.2) is 65.8 Å². The van der Waals surface area contributed by atoms with Crippen LogP contribution in [0.5, 0.6) is 11.5 Å². The zero-order valence-electron chi connectivity index (χ0n) is 16.5. The van der Waals surface area contributed by atoms with Crippen LogP contribution in [0.2, 0.25) is 5.02 Å². The van der Waals surface area contributed by atoms with E-state index in [1.54, 1.807) is 42.6 Å². The van der Waals surface area contributed by atoms with Crippen LogP contribution >= 0.6 is 11.6 Å². The molecule has 0 fully saturated rings. The van der Waals surface area contributed by atoms with E-state index >= 15 is 0 Å². The number of ether oxygens (including phenoxy) is 2. The van der Waals surface area contributed by atoms with Gasteiger partial charge in [0.1, 0.15) is 12.4 Å². The highest BCUT2D eigenvalue weighted by Gasteiger charge is 2.13. The summed E-state index contributed by atoms with van der Waals surface area (Å²) in [5.41, 5.74) is 4.84. The van der Waals surface area contributed by atoms with Crippen molar-refractivity contribution in [3.8, 4) is 11.5 Å². The lowest BCUT2D eigenvalue weighted by atomic mass is 10.2. The quantitative estimate of drug-likeness (QED) is 0.256. The highest BCUT2D eigenvalue weighted by Crippen LogP contribution is 2.37. The van der Waals surface area contributed by atoms with Crippen molar-refractivity contribution in [3.05, 3.63) is 92.7 Å². The van der Waals surface area contributed by atoms with Crippen LogP contribution in [-0.4, -0.2) is 17.7 Å². The van der Waals surface area contributed by atoms with Crippen molar-refractivity contribution in [1.29, 1.82) is 0 Å². The molecule has 0 amide bonds. The molecule has 0 heterocycles. The Hall–Kier alpha value is -3.65. The number of nitro benzene ring substituents is 1. The lowest BCUT2D eigenvalue weighted by Gasteiger charge is -2.14. The Kier molecular flexibility index (Phi) is 7.40. The second-order valence-electron chi connectivity index (χ2n) is 6.35. The van der Waals surface area contributed by atoms with Crippen molar-refractivity contribution >= 4 is 29.2 Å². The summed E-state index contributed by atoms with van der Waals surface area (Å²) in [5.74, 6) is 0.519. The Morgan fingerprint density at radius 3 is 2.48 bits per heavy atom. The van der Waals surface area contributed by atoms with E-state index in [0.29, 0.717) is 34.4 Å². The summed E-state index contributed by atoms with van der Waals surface area (Å²) in [5, 5.41) is 15.2. The second kappa shape index (κ2) is 10.4. The average molecular weight is 444 g/mol. The SMILES string of the molecule is CCOc1cc(/C=N/Nc2ccc([N+](=O)[O-])cc2)cc(Cl)c1OCc1ccc(F)cc1. The largest absolute Gasteiger partial charge is 0.490 e. The summed E-state index contributed by atoms with van der Waals surface area (Å²) in [6.07, 6.45) is 1.54. The number of halogens is 2. The highest BCUT2D eigenvalue weighted by atomic mass is 35.5. The number of anilines is 1. The molecule has 9 heteroatoms. The van der Waals surface area contributed by atoms with Crippen LogP contribution in [0.4, 0.5) is 15.8 Å². The van der Waals surface area contributed by atoms with E-state index in [1.165, 1.54) is 24.3 Å². The van der Waals surface area contributed by atoms with E-state index in [4.69, 9.17) is 21.1 Å². The first-order valence-corrected chi connectivity index (χ1v) is 9.71. The van der Waals surface area contributed by atoms with E-state index < -0.39 is 4.92 Å². The van der Waals surface area contributed by atoms with Gasteiger partial charge in [-0.05, 0) is 54.4 Å². The zero-order chi connectivity index (χ0) is 22.2. The summed E-state index contributed by atoms with van der Waals surface area (Å²) in [4.78, 5) is 10.2. The minimum Gasteiger partial charge on any atom is -0.490 e. The Labute approximate surface area is 183 Å². The van der Waals surface area contributed by atoms with Crippen LogP contribution in [0.25, 0.3) is 0 Å². The molecule has 0 saturated heterocycles. The van der Waals surface area contributed by atoms with E-state index in [9.17, 15) is 14.5 Å². The number of hydrazone groups is 1. The molecule has 3 aromatic carbocycles. The topological polar surface area (TPSA) is 86.0 Å². The summed E-state index contributed by atoms with van der Waals surface area (Å²) in [6.45, 7) is 2.45. The van der Waals surface area contributed by atoms with Gasteiger partial charge < -0.3 is 9.47 Å². The molecule has 0 aliphatic rings. The summed E-state index contributed by atoms with van der Waals surface area (Å²) >= 11 is 6.39. The number of hydrogen-bond acceptors (Lipinski definition) is 6. The van der Waals surface area contributed by atoms with E-state index in [0.717, 1.165) is 5.56 Å². The number of non-ortho nitro benzene ring substituents is 1. The molecule has 7 nitrogen and oxygen atoms in total. The predicted molar refractivity (Wildman–Crippen MR) is 118 cm³/mol. The second-order valence-corrected chi connectivity index (χ2v) is 6.76. The molecular formula is C22H19ClFN3O4. The monoisotopic (exact) mass is 443 g/mol. The number of benzene rings is 3. The van der Waals surface area contributed by atoms with Crippen molar-refractivity contribution in [1.82, 2.24) is 0 Å². The Morgan fingerprint density at radius 2 is 1.84 bits per heavy atom. The first-order valence-electron chi connectivity index (χ1n) is 9.33. The van der Waals surface area contributed by atoms with Crippen molar-refractivity contribution < 1.29 is 18.8 Å². The summed E-state index contributed by atoms with van der Waals surface area (Å²) in [6, 6.07) is 15.3. The smallest absolute Gasteiger partial charge is 0.269 e. The molecule has 3 aromatic rings. The average Bonchev–Trinajstić information content (AvgIpc) is 2.75. The molecule has 0 aromatic heterocycles. The van der Waals surface area contributed by atoms with Crippen molar-refractivity contribution in [3.63, 3.8) is 0 Å². The summed E-state index contributed by atoms with van der Waals surface area (Å²) < 4.78 is 24.5. The lowest BCUT2D eigenvalue weighted by Crippen LogP contribution is -2.02. The number of nitrogens with one attached hydrogen (secondary N) is 1. The maximum Gasteiger partial charge on any atom is 0.269 e. The molecule has 1 N–H and O–H groups in total. The molecule has 0 aliphatic carbocycles. The van der Waals surface area contributed by atoms with Gasteiger partial charge >= 0.3 is 0 Å². The zero-order valence-corrected chi connectivity index (χ0v) is 17.3. The van der Waals surface area contributed by atoms with Gasteiger partial charge in [0.2, 0.25) is 0 Å². The fourth-order valence-corrected chi connectivity index (χ4v) is 2.91. The van der Waals surface area contributed by atoms with E-state index in [1.807, 2.05) is 6.92 Å². The number of hydrogen-bond donors (Lipinski definition) is 1. The third-order valence-corrected chi connectivity index (χ3v) is 4.39. The van der Waals surface area contributed by atoms with Gasteiger partial charge in [-0.15, -0.1) is 0 Å². The maximum atomic E-state index is 13.1. The molecule has 160 valence electrons. The number of rotatable bonds is 9. The van der Waals surface area contributed by atoms with E-state index in [-0.39, 0.29) is 18.1 Å². The molecule has 0 saturated carbocycles. The number of nitro groups is 1. The molecule has 0 unspecified atom stereocenters. The van der Waals surface area contributed by atoms with Gasteiger partial charge in [0.25, 0.3) is 5.69 Å².